The average molecular weight is 222 g/mol. The Bertz CT molecular complexity index is 375. The topological polar surface area (TPSA) is 75.3 Å². The Kier molecular flexibility index (Phi) is 3.90. The minimum absolute atomic E-state index is 0.0253. The van der Waals surface area contributed by atoms with E-state index in [0.29, 0.717) is 17.8 Å². The van der Waals surface area contributed by atoms with Crippen molar-refractivity contribution in [2.45, 2.75) is 13.8 Å². The monoisotopic (exact) mass is 222 g/mol. The predicted octanol–water partition coefficient (Wildman–Crippen LogP) is 1.02. The summed E-state index contributed by atoms with van der Waals surface area (Å²) in [4.78, 5) is 11.8. The SMILES string of the molecule is CC(C)(CO)CNC(=O)c1ccccc1N. The summed E-state index contributed by atoms with van der Waals surface area (Å²) in [7, 11) is 0. The molecule has 1 rings (SSSR count). The van der Waals surface area contributed by atoms with Gasteiger partial charge in [0.15, 0.2) is 0 Å². The van der Waals surface area contributed by atoms with Crippen molar-refractivity contribution in [2.24, 2.45) is 5.41 Å². The maximum Gasteiger partial charge on any atom is 0.253 e. The van der Waals surface area contributed by atoms with Crippen molar-refractivity contribution >= 4 is 11.6 Å². The summed E-state index contributed by atoms with van der Waals surface area (Å²) in [5, 5.41) is 11.8. The van der Waals surface area contributed by atoms with Crippen LogP contribution in [0, 0.1) is 5.41 Å². The van der Waals surface area contributed by atoms with Crippen LogP contribution < -0.4 is 11.1 Å². The maximum absolute atomic E-state index is 11.8. The largest absolute Gasteiger partial charge is 0.398 e. The zero-order chi connectivity index (χ0) is 12.2. The number of amides is 1. The van der Waals surface area contributed by atoms with Crippen LogP contribution in [-0.2, 0) is 0 Å². The predicted molar refractivity (Wildman–Crippen MR) is 64.1 cm³/mol. The van der Waals surface area contributed by atoms with Gasteiger partial charge in [0.25, 0.3) is 5.91 Å². The van der Waals surface area contributed by atoms with Crippen LogP contribution in [-0.4, -0.2) is 24.2 Å². The molecule has 0 bridgehead atoms. The van der Waals surface area contributed by atoms with Gasteiger partial charge >= 0.3 is 0 Å². The minimum Gasteiger partial charge on any atom is -0.398 e. The Labute approximate surface area is 95.5 Å². The summed E-state index contributed by atoms with van der Waals surface area (Å²) >= 11 is 0. The van der Waals surface area contributed by atoms with Crippen molar-refractivity contribution in [1.82, 2.24) is 5.32 Å². The number of nitrogens with two attached hydrogens (primary N) is 1. The van der Waals surface area contributed by atoms with Crippen LogP contribution >= 0.6 is 0 Å². The highest BCUT2D eigenvalue weighted by atomic mass is 16.3. The quantitative estimate of drug-likeness (QED) is 0.666. The van der Waals surface area contributed by atoms with Gasteiger partial charge in [0, 0.05) is 24.3 Å². The second-order valence-corrected chi connectivity index (χ2v) is 4.59. The number of hydrogen-bond acceptors (Lipinski definition) is 3. The van der Waals surface area contributed by atoms with Crippen molar-refractivity contribution < 1.29 is 9.90 Å². The number of aliphatic hydroxyl groups is 1. The van der Waals surface area contributed by atoms with Gasteiger partial charge in [-0.1, -0.05) is 26.0 Å². The first-order valence-corrected chi connectivity index (χ1v) is 5.20. The Hall–Kier alpha value is -1.55. The highest BCUT2D eigenvalue weighted by molar-refractivity contribution is 5.99. The minimum atomic E-state index is -0.320. The lowest BCUT2D eigenvalue weighted by Crippen LogP contribution is -2.36. The molecule has 0 radical (unpaired) electrons. The van der Waals surface area contributed by atoms with Crippen LogP contribution in [0.3, 0.4) is 0 Å². The molecule has 0 fully saturated rings. The van der Waals surface area contributed by atoms with Crippen molar-refractivity contribution in [3.8, 4) is 0 Å². The van der Waals surface area contributed by atoms with Crippen molar-refractivity contribution in [3.63, 3.8) is 0 Å². The summed E-state index contributed by atoms with van der Waals surface area (Å²) in [6, 6.07) is 6.91. The smallest absolute Gasteiger partial charge is 0.253 e. The van der Waals surface area contributed by atoms with E-state index in [2.05, 4.69) is 5.32 Å². The van der Waals surface area contributed by atoms with Crippen LogP contribution in [0.25, 0.3) is 0 Å². The molecule has 1 amide bonds. The first-order valence-electron chi connectivity index (χ1n) is 5.20. The molecule has 1 aromatic rings. The number of nitrogens with one attached hydrogen (secondary N) is 1. The van der Waals surface area contributed by atoms with E-state index >= 15 is 0 Å². The van der Waals surface area contributed by atoms with Gasteiger partial charge in [0.1, 0.15) is 0 Å². The molecule has 1 aromatic carbocycles. The van der Waals surface area contributed by atoms with Crippen LogP contribution in [0.2, 0.25) is 0 Å². The fraction of sp³-hybridized carbons (Fsp3) is 0.417. The molecule has 0 atom stereocenters. The summed E-state index contributed by atoms with van der Waals surface area (Å²) in [6.07, 6.45) is 0. The first-order chi connectivity index (χ1) is 7.46. The van der Waals surface area contributed by atoms with Crippen LogP contribution in [0.1, 0.15) is 24.2 Å². The van der Waals surface area contributed by atoms with Crippen LogP contribution in [0.5, 0.6) is 0 Å². The molecular weight excluding hydrogens is 204 g/mol. The number of carbonyl (C=O) groups is 1. The van der Waals surface area contributed by atoms with Crippen molar-refractivity contribution in [3.05, 3.63) is 29.8 Å². The lowest BCUT2D eigenvalue weighted by molar-refractivity contribution is 0.0912. The molecule has 0 aliphatic heterocycles. The normalized spacial score (nSPS) is 11.2. The van der Waals surface area contributed by atoms with E-state index in [9.17, 15) is 4.79 Å². The molecule has 0 spiro atoms. The zero-order valence-electron chi connectivity index (χ0n) is 9.66. The molecule has 0 heterocycles. The van der Waals surface area contributed by atoms with Gasteiger partial charge in [-0.2, -0.15) is 0 Å². The van der Waals surface area contributed by atoms with Crippen LogP contribution in [0.4, 0.5) is 5.69 Å². The number of nitrogen functional groups attached to an aromatic ring is 1. The third-order valence-corrected chi connectivity index (χ3v) is 2.36. The Morgan fingerprint density at radius 1 is 1.44 bits per heavy atom. The van der Waals surface area contributed by atoms with Gasteiger partial charge < -0.3 is 16.2 Å². The van der Waals surface area contributed by atoms with Gasteiger partial charge in [-0.15, -0.1) is 0 Å². The lowest BCUT2D eigenvalue weighted by Gasteiger charge is -2.22. The molecule has 88 valence electrons. The fourth-order valence-corrected chi connectivity index (χ4v) is 1.17. The highest BCUT2D eigenvalue weighted by Crippen LogP contribution is 2.13. The second-order valence-electron chi connectivity index (χ2n) is 4.59. The van der Waals surface area contributed by atoms with Crippen molar-refractivity contribution in [1.29, 1.82) is 0 Å². The molecule has 0 aliphatic carbocycles. The van der Waals surface area contributed by atoms with Gasteiger partial charge in [-0.3, -0.25) is 4.79 Å². The first kappa shape index (κ1) is 12.5. The molecule has 4 nitrogen and oxygen atoms in total. The molecule has 4 heteroatoms. The van der Waals surface area contributed by atoms with Gasteiger partial charge in [-0.05, 0) is 12.1 Å². The molecule has 4 N–H and O–H groups in total. The van der Waals surface area contributed by atoms with Gasteiger partial charge in [-0.25, -0.2) is 0 Å². The molecule has 0 aliphatic rings. The standard InChI is InChI=1S/C12H18N2O2/c1-12(2,8-15)7-14-11(16)9-5-3-4-6-10(9)13/h3-6,15H,7-8,13H2,1-2H3,(H,14,16). The van der Waals surface area contributed by atoms with E-state index in [1.54, 1.807) is 24.3 Å². The lowest BCUT2D eigenvalue weighted by atomic mass is 9.95. The fourth-order valence-electron chi connectivity index (χ4n) is 1.17. The Morgan fingerprint density at radius 2 is 2.06 bits per heavy atom. The van der Waals surface area contributed by atoms with Gasteiger partial charge in [0.2, 0.25) is 0 Å². The Morgan fingerprint density at radius 3 is 2.62 bits per heavy atom. The molecular formula is C12H18N2O2. The summed E-state index contributed by atoms with van der Waals surface area (Å²) in [6.45, 7) is 4.19. The number of aliphatic hydroxyl groups excluding tert-OH is 1. The van der Waals surface area contributed by atoms with E-state index in [0.717, 1.165) is 0 Å². The summed E-state index contributed by atoms with van der Waals surface area (Å²) in [5.41, 5.74) is 6.29. The number of carbonyl (C=O) groups excluding carboxylic acids is 1. The molecule has 0 saturated carbocycles. The molecule has 0 aromatic heterocycles. The Balaban J connectivity index is 2.64. The molecule has 0 saturated heterocycles. The molecule has 0 unspecified atom stereocenters. The highest BCUT2D eigenvalue weighted by Gasteiger charge is 2.18. The summed E-state index contributed by atoms with van der Waals surface area (Å²) in [5.74, 6) is -0.209. The van der Waals surface area contributed by atoms with Crippen LogP contribution in [0.15, 0.2) is 24.3 Å². The summed E-state index contributed by atoms with van der Waals surface area (Å²) < 4.78 is 0. The van der Waals surface area contributed by atoms with E-state index in [1.165, 1.54) is 0 Å². The maximum atomic E-state index is 11.8. The van der Waals surface area contributed by atoms with E-state index < -0.39 is 0 Å². The number of anilines is 1. The number of hydrogen-bond donors (Lipinski definition) is 3. The van der Waals surface area contributed by atoms with E-state index in [4.69, 9.17) is 10.8 Å². The number of para-hydroxylation sites is 1. The third-order valence-electron chi connectivity index (χ3n) is 2.36. The number of benzene rings is 1. The second kappa shape index (κ2) is 4.99. The average Bonchev–Trinajstić information content (AvgIpc) is 2.27. The van der Waals surface area contributed by atoms with Gasteiger partial charge in [0.05, 0.1) is 5.56 Å². The van der Waals surface area contributed by atoms with E-state index in [1.807, 2.05) is 13.8 Å². The van der Waals surface area contributed by atoms with E-state index in [-0.39, 0.29) is 17.9 Å². The number of rotatable bonds is 4. The molecule has 16 heavy (non-hydrogen) atoms. The van der Waals surface area contributed by atoms with Crippen molar-refractivity contribution in [2.75, 3.05) is 18.9 Å². The zero-order valence-corrected chi connectivity index (χ0v) is 9.66. The third kappa shape index (κ3) is 3.24.